The summed E-state index contributed by atoms with van der Waals surface area (Å²) in [5.74, 6) is -1.91. The minimum absolute atomic E-state index is 0.0553. The molecule has 8 nitrogen and oxygen atoms in total. The van der Waals surface area contributed by atoms with E-state index in [4.69, 9.17) is 0 Å². The number of benzene rings is 1. The van der Waals surface area contributed by atoms with Crippen LogP contribution in [-0.4, -0.2) is 63.3 Å². The summed E-state index contributed by atoms with van der Waals surface area (Å²) in [6.07, 6.45) is 0.346. The molecule has 1 fully saturated rings. The molecule has 0 radical (unpaired) electrons. The summed E-state index contributed by atoms with van der Waals surface area (Å²) < 4.78 is 53.6. The van der Waals surface area contributed by atoms with Gasteiger partial charge in [-0.2, -0.15) is 19.7 Å². The van der Waals surface area contributed by atoms with E-state index < -0.39 is 32.8 Å². The first-order chi connectivity index (χ1) is 12.2. The largest absolute Gasteiger partial charge is 0.372 e. The van der Waals surface area contributed by atoms with Crippen molar-refractivity contribution in [1.82, 2.24) is 24.6 Å². The molecule has 0 spiro atoms. The zero-order valence-corrected chi connectivity index (χ0v) is 15.0. The second kappa shape index (κ2) is 6.99. The van der Waals surface area contributed by atoms with E-state index >= 15 is 0 Å². The van der Waals surface area contributed by atoms with Gasteiger partial charge in [-0.15, -0.1) is 0 Å². The van der Waals surface area contributed by atoms with Crippen molar-refractivity contribution in [2.75, 3.05) is 13.1 Å². The summed E-state index contributed by atoms with van der Waals surface area (Å²) >= 11 is 0. The van der Waals surface area contributed by atoms with E-state index in [0.29, 0.717) is 11.8 Å². The van der Waals surface area contributed by atoms with Crippen molar-refractivity contribution in [3.8, 4) is 0 Å². The molecular formula is C15H19F2N5O3S. The number of nitrogens with zero attached hydrogens (tertiary/aromatic N) is 4. The number of nitrogens with one attached hydrogen (secondary N) is 1. The Labute approximate surface area is 149 Å². The Morgan fingerprint density at radius 2 is 1.77 bits per heavy atom. The van der Waals surface area contributed by atoms with Gasteiger partial charge in [-0.05, 0) is 26.0 Å². The van der Waals surface area contributed by atoms with E-state index in [1.807, 2.05) is 0 Å². The van der Waals surface area contributed by atoms with Crippen molar-refractivity contribution in [2.24, 2.45) is 0 Å². The SMILES string of the molecule is C[C@@H]1CN(S(=O)(=O)c2cc(F)cc(F)c2)C[C@H](C)N1C(O)c1cn[nH]n1. The lowest BCUT2D eigenvalue weighted by atomic mass is 10.1. The van der Waals surface area contributed by atoms with Crippen LogP contribution in [0.3, 0.4) is 0 Å². The summed E-state index contributed by atoms with van der Waals surface area (Å²) in [6.45, 7) is 3.63. The molecule has 0 aliphatic carbocycles. The third kappa shape index (κ3) is 3.47. The highest BCUT2D eigenvalue weighted by Crippen LogP contribution is 2.29. The first kappa shape index (κ1) is 18.8. The van der Waals surface area contributed by atoms with Gasteiger partial charge >= 0.3 is 0 Å². The number of aromatic nitrogens is 3. The van der Waals surface area contributed by atoms with Crippen molar-refractivity contribution < 1.29 is 22.3 Å². The molecule has 0 bridgehead atoms. The van der Waals surface area contributed by atoms with Crippen LogP contribution in [0.5, 0.6) is 0 Å². The number of aliphatic hydroxyl groups excluding tert-OH is 1. The van der Waals surface area contributed by atoms with Gasteiger partial charge in [-0.3, -0.25) is 4.90 Å². The van der Waals surface area contributed by atoms with Crippen molar-refractivity contribution in [3.63, 3.8) is 0 Å². The smallest absolute Gasteiger partial charge is 0.243 e. The number of rotatable bonds is 4. The molecule has 1 aliphatic rings. The maximum Gasteiger partial charge on any atom is 0.243 e. The quantitative estimate of drug-likeness (QED) is 0.807. The van der Waals surface area contributed by atoms with Crippen molar-refractivity contribution in [2.45, 2.75) is 37.1 Å². The van der Waals surface area contributed by atoms with Crippen molar-refractivity contribution in [3.05, 3.63) is 41.7 Å². The molecule has 3 rings (SSSR count). The molecule has 26 heavy (non-hydrogen) atoms. The van der Waals surface area contributed by atoms with E-state index in [9.17, 15) is 22.3 Å². The Bertz CT molecular complexity index is 845. The van der Waals surface area contributed by atoms with E-state index in [-0.39, 0.29) is 25.2 Å². The molecule has 0 saturated carbocycles. The van der Waals surface area contributed by atoms with Crippen LogP contribution in [0.1, 0.15) is 25.8 Å². The number of hydrogen-bond donors (Lipinski definition) is 2. The predicted molar refractivity (Wildman–Crippen MR) is 87.2 cm³/mol. The molecule has 3 atom stereocenters. The van der Waals surface area contributed by atoms with Gasteiger partial charge in [0.05, 0.1) is 11.1 Å². The van der Waals surface area contributed by atoms with Crippen LogP contribution in [0.25, 0.3) is 0 Å². The van der Waals surface area contributed by atoms with Gasteiger partial charge in [0.15, 0.2) is 6.23 Å². The standard InChI is InChI=1S/C15H19F2N5O3S/c1-9-7-21(26(24,25)13-4-11(16)3-12(17)5-13)8-10(2)22(9)15(23)14-6-18-20-19-14/h3-6,9-10,15,23H,7-8H2,1-2H3,(H,18,19,20)/t9-,10+,15?. The molecule has 1 aromatic carbocycles. The highest BCUT2D eigenvalue weighted by molar-refractivity contribution is 7.89. The normalized spacial score (nSPS) is 23.9. The molecule has 1 aromatic heterocycles. The topological polar surface area (TPSA) is 102 Å². The lowest BCUT2D eigenvalue weighted by Gasteiger charge is -2.45. The molecule has 0 amide bonds. The molecule has 1 saturated heterocycles. The highest BCUT2D eigenvalue weighted by Gasteiger charge is 2.39. The lowest BCUT2D eigenvalue weighted by Crippen LogP contribution is -2.58. The van der Waals surface area contributed by atoms with Gasteiger partial charge in [0.1, 0.15) is 17.3 Å². The Balaban J connectivity index is 1.84. The second-order valence-electron chi connectivity index (χ2n) is 6.34. The summed E-state index contributed by atoms with van der Waals surface area (Å²) in [5, 5.41) is 20.4. The average Bonchev–Trinajstić information content (AvgIpc) is 3.07. The third-order valence-corrected chi connectivity index (χ3v) is 6.22. The highest BCUT2D eigenvalue weighted by atomic mass is 32.2. The van der Waals surface area contributed by atoms with Crippen molar-refractivity contribution >= 4 is 10.0 Å². The summed E-state index contributed by atoms with van der Waals surface area (Å²) in [7, 11) is -4.06. The molecule has 2 N–H and O–H groups in total. The number of aliphatic hydroxyl groups is 1. The summed E-state index contributed by atoms with van der Waals surface area (Å²) in [6, 6.07) is 1.49. The fourth-order valence-corrected chi connectivity index (χ4v) is 4.92. The maximum atomic E-state index is 13.4. The molecule has 2 heterocycles. The van der Waals surface area contributed by atoms with Crippen LogP contribution in [0.2, 0.25) is 0 Å². The number of aromatic amines is 1. The Kier molecular flexibility index (Phi) is 5.06. The number of piperazine rings is 1. The predicted octanol–water partition coefficient (Wildman–Crippen LogP) is 0.857. The molecule has 11 heteroatoms. The number of sulfonamides is 1. The molecule has 2 aromatic rings. The number of halogens is 2. The Morgan fingerprint density at radius 1 is 1.19 bits per heavy atom. The first-order valence-corrected chi connectivity index (χ1v) is 9.41. The summed E-state index contributed by atoms with van der Waals surface area (Å²) in [5.41, 5.74) is 0.326. The minimum Gasteiger partial charge on any atom is -0.372 e. The van der Waals surface area contributed by atoms with Crippen LogP contribution < -0.4 is 0 Å². The van der Waals surface area contributed by atoms with Crippen LogP contribution in [0.15, 0.2) is 29.3 Å². The van der Waals surface area contributed by atoms with Gasteiger partial charge in [0, 0.05) is 31.2 Å². The molecule has 142 valence electrons. The maximum absolute atomic E-state index is 13.4. The Hall–Kier alpha value is -1.95. The fourth-order valence-electron chi connectivity index (χ4n) is 3.28. The van der Waals surface area contributed by atoms with Gasteiger partial charge in [-0.1, -0.05) is 0 Å². The van der Waals surface area contributed by atoms with E-state index in [1.54, 1.807) is 18.7 Å². The lowest BCUT2D eigenvalue weighted by molar-refractivity contribution is -0.0751. The van der Waals surface area contributed by atoms with Crippen LogP contribution in [0.4, 0.5) is 8.78 Å². The van der Waals surface area contributed by atoms with E-state index in [0.717, 1.165) is 12.1 Å². The van der Waals surface area contributed by atoms with Crippen LogP contribution >= 0.6 is 0 Å². The monoisotopic (exact) mass is 387 g/mol. The van der Waals surface area contributed by atoms with E-state index in [2.05, 4.69) is 15.4 Å². The Morgan fingerprint density at radius 3 is 2.27 bits per heavy atom. The third-order valence-electron chi connectivity index (χ3n) is 4.41. The zero-order valence-electron chi connectivity index (χ0n) is 14.2. The van der Waals surface area contributed by atoms with Gasteiger partial charge < -0.3 is 5.11 Å². The van der Waals surface area contributed by atoms with E-state index in [1.165, 1.54) is 10.5 Å². The molecule has 1 unspecified atom stereocenters. The molecular weight excluding hydrogens is 368 g/mol. The second-order valence-corrected chi connectivity index (χ2v) is 8.28. The summed E-state index contributed by atoms with van der Waals surface area (Å²) in [4.78, 5) is 1.29. The van der Waals surface area contributed by atoms with Gasteiger partial charge in [0.25, 0.3) is 0 Å². The number of H-pyrrole nitrogens is 1. The number of hydrogen-bond acceptors (Lipinski definition) is 6. The molecule has 1 aliphatic heterocycles. The minimum atomic E-state index is -4.06. The van der Waals surface area contributed by atoms with Gasteiger partial charge in [0.2, 0.25) is 10.0 Å². The van der Waals surface area contributed by atoms with Crippen LogP contribution in [0, 0.1) is 11.6 Å². The fraction of sp³-hybridized carbons (Fsp3) is 0.467. The average molecular weight is 387 g/mol. The van der Waals surface area contributed by atoms with Crippen molar-refractivity contribution in [1.29, 1.82) is 0 Å². The zero-order chi connectivity index (χ0) is 19.1. The van der Waals surface area contributed by atoms with Crippen LogP contribution in [-0.2, 0) is 10.0 Å². The van der Waals surface area contributed by atoms with Gasteiger partial charge in [-0.25, -0.2) is 17.2 Å². The first-order valence-electron chi connectivity index (χ1n) is 7.97.